The number of amides is 2. The minimum atomic E-state index is -0.507. The number of hydrogen-bond donors (Lipinski definition) is 1. The fourth-order valence-corrected chi connectivity index (χ4v) is 4.99. The van der Waals surface area contributed by atoms with E-state index in [0.717, 1.165) is 35.7 Å². The standard InChI is InChI=1S/C28H37BrN2O3/c1-4-25(28(33)30-23-12-8-9-13-23)31(17-16-21-10-6-5-7-11-21)27(32)19-34-26-15-14-22(20(2)3)18-24(26)29/h5-7,10-11,14-15,18,20,23,25H,4,8-9,12-13,16-17,19H2,1-3H3,(H,30,33)/t25-/m1/s1. The molecule has 5 nitrogen and oxygen atoms in total. The maximum atomic E-state index is 13.4. The number of carbonyl (C=O) groups is 2. The van der Waals surface area contributed by atoms with Crippen LogP contribution in [0.5, 0.6) is 5.75 Å². The van der Waals surface area contributed by atoms with E-state index in [0.29, 0.717) is 31.1 Å². The van der Waals surface area contributed by atoms with Crippen LogP contribution in [0.15, 0.2) is 53.0 Å². The molecule has 0 saturated heterocycles. The maximum Gasteiger partial charge on any atom is 0.261 e. The zero-order valence-electron chi connectivity index (χ0n) is 20.6. The van der Waals surface area contributed by atoms with Crippen LogP contribution >= 0.6 is 15.9 Å². The highest BCUT2D eigenvalue weighted by Gasteiger charge is 2.30. The normalized spacial score (nSPS) is 14.7. The van der Waals surface area contributed by atoms with Crippen molar-refractivity contribution >= 4 is 27.7 Å². The lowest BCUT2D eigenvalue weighted by molar-refractivity contribution is -0.142. The zero-order chi connectivity index (χ0) is 24.5. The molecule has 2 aromatic carbocycles. The molecule has 184 valence electrons. The molecule has 0 heterocycles. The number of ether oxygens (including phenoxy) is 1. The molecule has 1 aliphatic carbocycles. The Morgan fingerprint density at radius 2 is 1.82 bits per heavy atom. The largest absolute Gasteiger partial charge is 0.483 e. The van der Waals surface area contributed by atoms with Crippen LogP contribution in [0.2, 0.25) is 0 Å². The lowest BCUT2D eigenvalue weighted by atomic mass is 10.0. The summed E-state index contributed by atoms with van der Waals surface area (Å²) in [5, 5.41) is 3.18. The molecule has 3 rings (SSSR count). The molecular formula is C28H37BrN2O3. The van der Waals surface area contributed by atoms with Crippen LogP contribution < -0.4 is 10.1 Å². The fraction of sp³-hybridized carbons (Fsp3) is 0.500. The van der Waals surface area contributed by atoms with E-state index in [1.54, 1.807) is 4.90 Å². The number of benzene rings is 2. The highest BCUT2D eigenvalue weighted by molar-refractivity contribution is 9.10. The molecule has 1 fully saturated rings. The third-order valence-corrected chi connectivity index (χ3v) is 7.17. The van der Waals surface area contributed by atoms with Crippen molar-refractivity contribution < 1.29 is 14.3 Å². The molecule has 0 bridgehead atoms. The van der Waals surface area contributed by atoms with Crippen molar-refractivity contribution in [2.45, 2.75) is 77.3 Å². The van der Waals surface area contributed by atoms with E-state index in [9.17, 15) is 9.59 Å². The van der Waals surface area contributed by atoms with E-state index in [1.807, 2.05) is 55.5 Å². The summed E-state index contributed by atoms with van der Waals surface area (Å²) in [7, 11) is 0. The van der Waals surface area contributed by atoms with Crippen LogP contribution in [0.1, 0.15) is 69.9 Å². The topological polar surface area (TPSA) is 58.6 Å². The van der Waals surface area contributed by atoms with Gasteiger partial charge in [-0.2, -0.15) is 0 Å². The Morgan fingerprint density at radius 1 is 1.12 bits per heavy atom. The van der Waals surface area contributed by atoms with Crippen molar-refractivity contribution in [1.82, 2.24) is 10.2 Å². The second-order valence-electron chi connectivity index (χ2n) is 9.37. The lowest BCUT2D eigenvalue weighted by Crippen LogP contribution is -2.53. The predicted octanol–water partition coefficient (Wildman–Crippen LogP) is 5.86. The van der Waals surface area contributed by atoms with E-state index in [1.165, 1.54) is 5.56 Å². The first-order valence-corrected chi connectivity index (χ1v) is 13.2. The van der Waals surface area contributed by atoms with Gasteiger partial charge in [-0.15, -0.1) is 0 Å². The van der Waals surface area contributed by atoms with Crippen LogP contribution in [0.4, 0.5) is 0 Å². The molecule has 0 aliphatic heterocycles. The van der Waals surface area contributed by atoms with Gasteiger partial charge in [0.2, 0.25) is 5.91 Å². The molecule has 0 spiro atoms. The summed E-state index contributed by atoms with van der Waals surface area (Å²) < 4.78 is 6.73. The van der Waals surface area contributed by atoms with Crippen LogP contribution in [0.25, 0.3) is 0 Å². The van der Waals surface area contributed by atoms with Crippen molar-refractivity contribution in [1.29, 1.82) is 0 Å². The van der Waals surface area contributed by atoms with Crippen molar-refractivity contribution in [2.24, 2.45) is 0 Å². The Labute approximate surface area is 212 Å². The molecule has 1 saturated carbocycles. The first-order chi connectivity index (χ1) is 16.4. The number of hydrogen-bond acceptors (Lipinski definition) is 3. The van der Waals surface area contributed by atoms with E-state index in [2.05, 4.69) is 35.1 Å². The van der Waals surface area contributed by atoms with E-state index >= 15 is 0 Å². The number of rotatable bonds is 11. The molecular weight excluding hydrogens is 492 g/mol. The summed E-state index contributed by atoms with van der Waals surface area (Å²) in [5.74, 6) is 0.802. The molecule has 0 aromatic heterocycles. The van der Waals surface area contributed by atoms with Crippen LogP contribution in [-0.4, -0.2) is 41.9 Å². The molecule has 0 radical (unpaired) electrons. The Hall–Kier alpha value is -2.34. The van der Waals surface area contributed by atoms with Gasteiger partial charge in [0.15, 0.2) is 6.61 Å². The van der Waals surface area contributed by atoms with Gasteiger partial charge in [-0.25, -0.2) is 0 Å². The highest BCUT2D eigenvalue weighted by Crippen LogP contribution is 2.29. The van der Waals surface area contributed by atoms with Gasteiger partial charge >= 0.3 is 0 Å². The van der Waals surface area contributed by atoms with Gasteiger partial charge in [-0.1, -0.05) is 70.0 Å². The van der Waals surface area contributed by atoms with Gasteiger partial charge in [-0.3, -0.25) is 9.59 Å². The van der Waals surface area contributed by atoms with Crippen molar-refractivity contribution in [3.8, 4) is 5.75 Å². The van der Waals surface area contributed by atoms with Crippen LogP contribution in [0, 0.1) is 0 Å². The summed E-state index contributed by atoms with van der Waals surface area (Å²) >= 11 is 3.56. The average molecular weight is 530 g/mol. The number of nitrogens with one attached hydrogen (secondary N) is 1. The Kier molecular flexibility index (Phi) is 10.00. The molecule has 1 aliphatic rings. The number of halogens is 1. The minimum absolute atomic E-state index is 0.0571. The zero-order valence-corrected chi connectivity index (χ0v) is 22.1. The number of nitrogens with zero attached hydrogens (tertiary/aromatic N) is 1. The van der Waals surface area contributed by atoms with Crippen molar-refractivity contribution in [2.75, 3.05) is 13.2 Å². The minimum Gasteiger partial charge on any atom is -0.483 e. The Bertz CT molecular complexity index is 942. The van der Waals surface area contributed by atoms with Crippen LogP contribution in [0.3, 0.4) is 0 Å². The molecule has 1 atom stereocenters. The molecule has 34 heavy (non-hydrogen) atoms. The second-order valence-corrected chi connectivity index (χ2v) is 10.2. The van der Waals surface area contributed by atoms with Gasteiger partial charge in [0.1, 0.15) is 11.8 Å². The van der Waals surface area contributed by atoms with Gasteiger partial charge in [0.05, 0.1) is 4.47 Å². The Morgan fingerprint density at radius 3 is 2.44 bits per heavy atom. The first-order valence-electron chi connectivity index (χ1n) is 12.4. The summed E-state index contributed by atoms with van der Waals surface area (Å²) in [4.78, 5) is 28.2. The maximum absolute atomic E-state index is 13.4. The summed E-state index contributed by atoms with van der Waals surface area (Å²) in [6.07, 6.45) is 5.58. The number of carbonyl (C=O) groups excluding carboxylic acids is 2. The molecule has 2 aromatic rings. The summed E-state index contributed by atoms with van der Waals surface area (Å²) in [6.45, 7) is 6.59. The molecule has 0 unspecified atom stereocenters. The monoisotopic (exact) mass is 528 g/mol. The van der Waals surface area contributed by atoms with Crippen molar-refractivity contribution in [3.63, 3.8) is 0 Å². The molecule has 6 heteroatoms. The SMILES string of the molecule is CC[C@H](C(=O)NC1CCCC1)N(CCc1ccccc1)C(=O)COc1ccc(C(C)C)cc1Br. The van der Waals surface area contributed by atoms with Crippen LogP contribution in [-0.2, 0) is 16.0 Å². The highest BCUT2D eigenvalue weighted by atomic mass is 79.9. The van der Waals surface area contributed by atoms with Gasteiger partial charge in [0, 0.05) is 12.6 Å². The van der Waals surface area contributed by atoms with Gasteiger partial charge in [0.25, 0.3) is 5.91 Å². The fourth-order valence-electron chi connectivity index (χ4n) is 4.48. The summed E-state index contributed by atoms with van der Waals surface area (Å²) in [5.41, 5.74) is 2.34. The summed E-state index contributed by atoms with van der Waals surface area (Å²) in [6, 6.07) is 15.7. The van der Waals surface area contributed by atoms with Gasteiger partial charge in [-0.05, 0) is 70.8 Å². The van der Waals surface area contributed by atoms with Gasteiger partial charge < -0.3 is 15.0 Å². The first kappa shape index (κ1) is 26.3. The lowest BCUT2D eigenvalue weighted by Gasteiger charge is -2.31. The van der Waals surface area contributed by atoms with Crippen molar-refractivity contribution in [3.05, 3.63) is 64.1 Å². The van der Waals surface area contributed by atoms with E-state index < -0.39 is 6.04 Å². The smallest absolute Gasteiger partial charge is 0.261 e. The quantitative estimate of drug-likeness (QED) is 0.397. The van der Waals surface area contributed by atoms with E-state index in [4.69, 9.17) is 4.74 Å². The third-order valence-electron chi connectivity index (χ3n) is 6.55. The second kappa shape index (κ2) is 12.9. The Balaban J connectivity index is 1.71. The third kappa shape index (κ3) is 7.33. The molecule has 1 N–H and O–H groups in total. The molecule has 2 amide bonds. The van der Waals surface area contributed by atoms with E-state index in [-0.39, 0.29) is 24.5 Å². The average Bonchev–Trinajstić information content (AvgIpc) is 3.34. The predicted molar refractivity (Wildman–Crippen MR) is 140 cm³/mol.